The van der Waals surface area contributed by atoms with Crippen molar-refractivity contribution in [3.8, 4) is 0 Å². The number of amides is 1. The van der Waals surface area contributed by atoms with Gasteiger partial charge in [0.2, 0.25) is 11.9 Å². The quantitative estimate of drug-likeness (QED) is 0.590. The summed E-state index contributed by atoms with van der Waals surface area (Å²) in [7, 11) is 0. The summed E-state index contributed by atoms with van der Waals surface area (Å²) in [6.07, 6.45) is 0.403. The first-order valence-corrected chi connectivity index (χ1v) is 9.01. The molecule has 0 bridgehead atoms. The molecule has 0 aliphatic carbocycles. The maximum Gasteiger partial charge on any atom is 0.245 e. The van der Waals surface area contributed by atoms with Gasteiger partial charge in [-0.1, -0.05) is 74.5 Å². The van der Waals surface area contributed by atoms with Crippen molar-refractivity contribution in [2.75, 3.05) is 0 Å². The van der Waals surface area contributed by atoms with E-state index in [1.54, 1.807) is 4.90 Å². The van der Waals surface area contributed by atoms with Gasteiger partial charge in [-0.05, 0) is 23.5 Å². The van der Waals surface area contributed by atoms with E-state index in [0.717, 1.165) is 11.1 Å². The molecule has 3 atom stereocenters. The molecule has 1 fully saturated rings. The van der Waals surface area contributed by atoms with Crippen LogP contribution < -0.4 is 0 Å². The molecule has 26 heavy (non-hydrogen) atoms. The molecule has 0 spiro atoms. The Balaban J connectivity index is 1.93. The standard InChI is InChI=1S/C21H24N2O3/c1-15(2)19-20(23(25)26)18(13-16-9-5-3-6-10-16)21(24)22(19)14-17-11-7-4-8-12-17/h3-12,15,18-20H,13-14H2,1-2H3/t18-,19-,20+/m0/s1. The molecule has 1 amide bonds. The fourth-order valence-electron chi connectivity index (χ4n) is 3.99. The lowest BCUT2D eigenvalue weighted by atomic mass is 9.88. The van der Waals surface area contributed by atoms with Crippen molar-refractivity contribution in [2.45, 2.75) is 38.9 Å². The SMILES string of the molecule is CC(C)[C@H]1[C@H]([N+](=O)[O-])[C@H](Cc2ccccc2)C(=O)N1Cc1ccccc1. The van der Waals surface area contributed by atoms with Crippen molar-refractivity contribution < 1.29 is 9.72 Å². The number of benzene rings is 2. The Hall–Kier alpha value is -2.69. The van der Waals surface area contributed by atoms with Crippen LogP contribution in [-0.2, 0) is 17.8 Å². The van der Waals surface area contributed by atoms with Crippen LogP contribution in [0.2, 0.25) is 0 Å². The monoisotopic (exact) mass is 352 g/mol. The summed E-state index contributed by atoms with van der Waals surface area (Å²) in [5.74, 6) is -0.722. The van der Waals surface area contributed by atoms with E-state index >= 15 is 0 Å². The normalized spacial score (nSPS) is 22.8. The fourth-order valence-corrected chi connectivity index (χ4v) is 3.99. The predicted octanol–water partition coefficient (Wildman–Crippen LogP) is 3.56. The number of carbonyl (C=O) groups is 1. The Labute approximate surface area is 153 Å². The predicted molar refractivity (Wildman–Crippen MR) is 100 cm³/mol. The summed E-state index contributed by atoms with van der Waals surface area (Å²) in [4.78, 5) is 26.5. The zero-order valence-electron chi connectivity index (χ0n) is 15.1. The molecule has 5 heteroatoms. The van der Waals surface area contributed by atoms with Gasteiger partial charge in [0.05, 0.1) is 0 Å². The summed E-state index contributed by atoms with van der Waals surface area (Å²) >= 11 is 0. The first-order chi connectivity index (χ1) is 12.5. The molecule has 2 aromatic carbocycles. The highest BCUT2D eigenvalue weighted by Crippen LogP contribution is 2.35. The highest BCUT2D eigenvalue weighted by atomic mass is 16.6. The minimum absolute atomic E-state index is 0.0128. The number of nitro groups is 1. The summed E-state index contributed by atoms with van der Waals surface area (Å²) in [6.45, 7) is 4.33. The molecular formula is C21H24N2O3. The van der Waals surface area contributed by atoms with Crippen LogP contribution in [0.5, 0.6) is 0 Å². The molecule has 0 aromatic heterocycles. The van der Waals surface area contributed by atoms with Gasteiger partial charge >= 0.3 is 0 Å². The fraction of sp³-hybridized carbons (Fsp3) is 0.381. The van der Waals surface area contributed by atoms with Gasteiger partial charge in [-0.25, -0.2) is 0 Å². The van der Waals surface area contributed by atoms with Gasteiger partial charge in [0.15, 0.2) is 0 Å². The number of likely N-dealkylation sites (tertiary alicyclic amines) is 1. The number of rotatable bonds is 6. The molecule has 0 N–H and O–H groups in total. The smallest absolute Gasteiger partial charge is 0.245 e. The molecular weight excluding hydrogens is 328 g/mol. The third-order valence-corrected chi connectivity index (χ3v) is 5.14. The van der Waals surface area contributed by atoms with Crippen molar-refractivity contribution in [2.24, 2.45) is 11.8 Å². The Bertz CT molecular complexity index is 761. The van der Waals surface area contributed by atoms with Crippen LogP contribution in [-0.4, -0.2) is 27.8 Å². The first kappa shape index (κ1) is 18.1. The molecule has 2 aromatic rings. The maximum absolute atomic E-state index is 13.2. The van der Waals surface area contributed by atoms with Crippen molar-refractivity contribution in [3.05, 3.63) is 81.9 Å². The molecule has 136 valence electrons. The van der Waals surface area contributed by atoms with Crippen LogP contribution in [0.3, 0.4) is 0 Å². The lowest BCUT2D eigenvalue weighted by Crippen LogP contribution is -2.43. The second-order valence-corrected chi connectivity index (χ2v) is 7.26. The van der Waals surface area contributed by atoms with Crippen molar-refractivity contribution >= 4 is 5.91 Å². The molecule has 1 aliphatic rings. The van der Waals surface area contributed by atoms with Crippen LogP contribution in [0.15, 0.2) is 60.7 Å². The third kappa shape index (κ3) is 3.62. The van der Waals surface area contributed by atoms with E-state index in [9.17, 15) is 14.9 Å². The molecule has 0 radical (unpaired) electrons. The van der Waals surface area contributed by atoms with E-state index in [2.05, 4.69) is 0 Å². The molecule has 1 saturated heterocycles. The number of carbonyl (C=O) groups excluding carboxylic acids is 1. The van der Waals surface area contributed by atoms with Crippen molar-refractivity contribution in [1.82, 2.24) is 4.90 Å². The Morgan fingerprint density at radius 2 is 1.54 bits per heavy atom. The van der Waals surface area contributed by atoms with Crippen LogP contribution >= 0.6 is 0 Å². The molecule has 1 heterocycles. The first-order valence-electron chi connectivity index (χ1n) is 9.01. The van der Waals surface area contributed by atoms with Gasteiger partial charge in [0.25, 0.3) is 0 Å². The second kappa shape index (κ2) is 7.68. The summed E-state index contributed by atoms with van der Waals surface area (Å²) in [5, 5.41) is 11.9. The van der Waals surface area contributed by atoms with Crippen LogP contribution in [0.4, 0.5) is 0 Å². The zero-order chi connectivity index (χ0) is 18.7. The van der Waals surface area contributed by atoms with E-state index in [-0.39, 0.29) is 16.7 Å². The highest BCUT2D eigenvalue weighted by Gasteiger charge is 2.55. The molecule has 3 rings (SSSR count). The number of hydrogen-bond acceptors (Lipinski definition) is 3. The average molecular weight is 352 g/mol. The highest BCUT2D eigenvalue weighted by molar-refractivity contribution is 5.83. The number of nitrogens with zero attached hydrogens (tertiary/aromatic N) is 2. The van der Waals surface area contributed by atoms with Crippen molar-refractivity contribution in [1.29, 1.82) is 0 Å². The third-order valence-electron chi connectivity index (χ3n) is 5.14. The van der Waals surface area contributed by atoms with Gasteiger partial charge in [0.1, 0.15) is 12.0 Å². The molecule has 1 aliphatic heterocycles. The minimum atomic E-state index is -0.883. The van der Waals surface area contributed by atoms with Gasteiger partial charge < -0.3 is 4.90 Å². The van der Waals surface area contributed by atoms with Crippen LogP contribution in [0.1, 0.15) is 25.0 Å². The van der Waals surface area contributed by atoms with Crippen LogP contribution in [0, 0.1) is 22.0 Å². The maximum atomic E-state index is 13.2. The van der Waals surface area contributed by atoms with Gasteiger partial charge in [0, 0.05) is 11.5 Å². The lowest BCUT2D eigenvalue weighted by Gasteiger charge is -2.28. The molecule has 0 saturated carbocycles. The minimum Gasteiger partial charge on any atom is -0.328 e. The van der Waals surface area contributed by atoms with Crippen molar-refractivity contribution in [3.63, 3.8) is 0 Å². The summed E-state index contributed by atoms with van der Waals surface area (Å²) in [5.41, 5.74) is 1.95. The molecule has 5 nitrogen and oxygen atoms in total. The van der Waals surface area contributed by atoms with Gasteiger partial charge in [-0.2, -0.15) is 0 Å². The van der Waals surface area contributed by atoms with E-state index in [1.807, 2.05) is 74.5 Å². The van der Waals surface area contributed by atoms with E-state index in [0.29, 0.717) is 13.0 Å². The lowest BCUT2D eigenvalue weighted by molar-refractivity contribution is -0.533. The van der Waals surface area contributed by atoms with Gasteiger partial charge in [-0.3, -0.25) is 14.9 Å². The zero-order valence-corrected chi connectivity index (χ0v) is 15.1. The second-order valence-electron chi connectivity index (χ2n) is 7.26. The molecule has 0 unspecified atom stereocenters. The average Bonchev–Trinajstić information content (AvgIpc) is 2.90. The summed E-state index contributed by atoms with van der Waals surface area (Å²) in [6, 6.07) is 18.0. The van der Waals surface area contributed by atoms with E-state index in [4.69, 9.17) is 0 Å². The van der Waals surface area contributed by atoms with Gasteiger partial charge in [-0.15, -0.1) is 0 Å². The van der Waals surface area contributed by atoms with E-state index < -0.39 is 18.0 Å². The number of hydrogen-bond donors (Lipinski definition) is 0. The Morgan fingerprint density at radius 1 is 1.00 bits per heavy atom. The Kier molecular flexibility index (Phi) is 5.35. The topological polar surface area (TPSA) is 63.5 Å². The van der Waals surface area contributed by atoms with Crippen LogP contribution in [0.25, 0.3) is 0 Å². The largest absolute Gasteiger partial charge is 0.328 e. The Morgan fingerprint density at radius 3 is 2.04 bits per heavy atom. The summed E-state index contributed by atoms with van der Waals surface area (Å²) < 4.78 is 0. The van der Waals surface area contributed by atoms with E-state index in [1.165, 1.54) is 0 Å².